The van der Waals surface area contributed by atoms with Crippen LogP contribution >= 0.6 is 0 Å². The molecule has 2 atom stereocenters. The van der Waals surface area contributed by atoms with E-state index < -0.39 is 0 Å². The molecular formula is C29H35N7O3. The van der Waals surface area contributed by atoms with Crippen molar-refractivity contribution in [3.63, 3.8) is 0 Å². The summed E-state index contributed by atoms with van der Waals surface area (Å²) in [5.41, 5.74) is 3.82. The van der Waals surface area contributed by atoms with Crippen LogP contribution in [0.25, 0.3) is 6.08 Å². The number of carbonyl (C=O) groups is 2. The minimum atomic E-state index is -0.375. The van der Waals surface area contributed by atoms with Gasteiger partial charge in [0.05, 0.1) is 17.8 Å². The highest BCUT2D eigenvalue weighted by atomic mass is 16.7. The molecule has 2 aromatic heterocycles. The highest BCUT2D eigenvalue weighted by Gasteiger charge is 2.39. The highest BCUT2D eigenvalue weighted by Crippen LogP contribution is 2.33. The first kappa shape index (κ1) is 26.5. The van der Waals surface area contributed by atoms with E-state index in [1.807, 2.05) is 20.8 Å². The third-order valence-electron chi connectivity index (χ3n) is 7.66. The fourth-order valence-corrected chi connectivity index (χ4v) is 5.28. The van der Waals surface area contributed by atoms with Crippen LogP contribution in [0, 0.1) is 5.92 Å². The van der Waals surface area contributed by atoms with Crippen molar-refractivity contribution in [1.82, 2.24) is 30.0 Å². The van der Waals surface area contributed by atoms with Crippen LogP contribution in [0.15, 0.2) is 48.9 Å². The van der Waals surface area contributed by atoms with Crippen LogP contribution in [-0.4, -0.2) is 61.0 Å². The number of anilines is 1. The SMILES string of the molecule is CCCC(C)C(=O)On1cc(C2(C)CCN(C(=O)/C=C/c3cnc(NC4Cc5ccccc5C4)nc3)C2)nn1. The molecular weight excluding hydrogens is 494 g/mol. The molecule has 1 amide bonds. The maximum Gasteiger partial charge on any atom is 0.337 e. The first-order valence-corrected chi connectivity index (χ1v) is 13.6. The zero-order valence-electron chi connectivity index (χ0n) is 22.7. The van der Waals surface area contributed by atoms with Crippen molar-refractivity contribution >= 4 is 23.9 Å². The van der Waals surface area contributed by atoms with Gasteiger partial charge < -0.3 is 15.1 Å². The number of rotatable bonds is 9. The Morgan fingerprint density at radius 3 is 2.62 bits per heavy atom. The fraction of sp³-hybridized carbons (Fsp3) is 0.448. The van der Waals surface area contributed by atoms with Crippen LogP contribution in [0.1, 0.15) is 62.4 Å². The molecule has 10 nitrogen and oxygen atoms in total. The molecule has 0 saturated carbocycles. The van der Waals surface area contributed by atoms with Crippen LogP contribution in [0.5, 0.6) is 0 Å². The Balaban J connectivity index is 1.13. The molecule has 1 N–H and O–H groups in total. The van der Waals surface area contributed by atoms with E-state index in [4.69, 9.17) is 4.84 Å². The Kier molecular flexibility index (Phi) is 7.72. The van der Waals surface area contributed by atoms with Crippen molar-refractivity contribution in [2.24, 2.45) is 5.92 Å². The number of nitrogens with one attached hydrogen (secondary N) is 1. The smallest absolute Gasteiger partial charge is 0.337 e. The molecule has 1 aromatic carbocycles. The van der Waals surface area contributed by atoms with E-state index in [0.29, 0.717) is 24.7 Å². The van der Waals surface area contributed by atoms with Crippen LogP contribution < -0.4 is 10.2 Å². The lowest BCUT2D eigenvalue weighted by molar-refractivity contribution is -0.150. The number of benzene rings is 1. The largest absolute Gasteiger partial charge is 0.351 e. The second-order valence-corrected chi connectivity index (χ2v) is 10.9. The maximum atomic E-state index is 12.9. The van der Waals surface area contributed by atoms with E-state index in [0.717, 1.165) is 42.5 Å². The maximum absolute atomic E-state index is 12.9. The van der Waals surface area contributed by atoms with E-state index >= 15 is 0 Å². The Labute approximate surface area is 228 Å². The molecule has 1 fully saturated rings. The summed E-state index contributed by atoms with van der Waals surface area (Å²) in [5, 5.41) is 11.6. The molecule has 0 bridgehead atoms. The van der Waals surface area contributed by atoms with Gasteiger partial charge in [-0.05, 0) is 48.1 Å². The molecule has 2 aliphatic rings. The highest BCUT2D eigenvalue weighted by molar-refractivity contribution is 5.92. The number of carbonyl (C=O) groups excluding carboxylic acids is 2. The van der Waals surface area contributed by atoms with Gasteiger partial charge in [-0.15, -0.1) is 5.10 Å². The van der Waals surface area contributed by atoms with Gasteiger partial charge in [0, 0.05) is 48.6 Å². The number of nitrogens with zero attached hydrogens (tertiary/aromatic N) is 6. The van der Waals surface area contributed by atoms with E-state index in [1.165, 1.54) is 11.1 Å². The first-order chi connectivity index (χ1) is 18.8. The molecule has 39 heavy (non-hydrogen) atoms. The second-order valence-electron chi connectivity index (χ2n) is 10.9. The Bertz CT molecular complexity index is 1330. The van der Waals surface area contributed by atoms with E-state index in [-0.39, 0.29) is 29.3 Å². The van der Waals surface area contributed by atoms with Gasteiger partial charge in [0.15, 0.2) is 0 Å². The number of aromatic nitrogens is 5. The summed E-state index contributed by atoms with van der Waals surface area (Å²) >= 11 is 0. The fourth-order valence-electron chi connectivity index (χ4n) is 5.28. The molecule has 3 heterocycles. The lowest BCUT2D eigenvalue weighted by Gasteiger charge is -2.21. The third kappa shape index (κ3) is 6.16. The topological polar surface area (TPSA) is 115 Å². The molecule has 10 heteroatoms. The summed E-state index contributed by atoms with van der Waals surface area (Å²) in [6.07, 6.45) is 12.7. The first-order valence-electron chi connectivity index (χ1n) is 13.6. The van der Waals surface area contributed by atoms with Gasteiger partial charge in [0.1, 0.15) is 0 Å². The minimum absolute atomic E-state index is 0.0862. The van der Waals surface area contributed by atoms with E-state index in [9.17, 15) is 9.59 Å². The van der Waals surface area contributed by atoms with Crippen molar-refractivity contribution < 1.29 is 14.4 Å². The summed E-state index contributed by atoms with van der Waals surface area (Å²) in [6.45, 7) is 7.01. The van der Waals surface area contributed by atoms with E-state index in [1.54, 1.807) is 35.6 Å². The second kappa shape index (κ2) is 11.3. The van der Waals surface area contributed by atoms with Crippen LogP contribution in [0.2, 0.25) is 0 Å². The van der Waals surface area contributed by atoms with Gasteiger partial charge in [-0.2, -0.15) is 0 Å². The molecule has 204 valence electrons. The summed E-state index contributed by atoms with van der Waals surface area (Å²) in [4.78, 5) is 42.2. The van der Waals surface area contributed by atoms with Gasteiger partial charge in [0.25, 0.3) is 0 Å². The standard InChI is InChI=1S/C29H35N7O3/c1-4-7-20(2)27(38)39-36-18-25(33-34-36)29(3)12-13-35(19-29)26(37)11-10-21-16-30-28(31-17-21)32-24-14-22-8-5-6-9-23(22)15-24/h5-6,8-11,16-18,20,24H,4,7,12-15,19H2,1-3H3,(H,30,31,32)/b11-10+. The normalized spacial score (nSPS) is 19.8. The number of likely N-dealkylation sites (tertiary alicyclic amines) is 1. The molecule has 3 aromatic rings. The average Bonchev–Trinajstić information content (AvgIpc) is 3.67. The van der Waals surface area contributed by atoms with Crippen molar-refractivity contribution in [2.45, 2.75) is 64.3 Å². The van der Waals surface area contributed by atoms with Crippen molar-refractivity contribution in [3.8, 4) is 0 Å². The van der Waals surface area contributed by atoms with E-state index in [2.05, 4.69) is 49.9 Å². The summed E-state index contributed by atoms with van der Waals surface area (Å²) in [7, 11) is 0. The Hall–Kier alpha value is -4.08. The number of fused-ring (bicyclic) bond motifs is 1. The monoisotopic (exact) mass is 529 g/mol. The van der Waals surface area contributed by atoms with Crippen molar-refractivity contribution in [3.05, 3.63) is 71.3 Å². The molecule has 0 radical (unpaired) electrons. The van der Waals surface area contributed by atoms with Gasteiger partial charge in [-0.25, -0.2) is 14.8 Å². The van der Waals surface area contributed by atoms with Gasteiger partial charge in [-0.1, -0.05) is 56.3 Å². The summed E-state index contributed by atoms with van der Waals surface area (Å²) < 4.78 is 0. The lowest BCUT2D eigenvalue weighted by Crippen LogP contribution is -2.32. The predicted molar refractivity (Wildman–Crippen MR) is 147 cm³/mol. The molecule has 1 aliphatic heterocycles. The van der Waals surface area contributed by atoms with Gasteiger partial charge in [0.2, 0.25) is 11.9 Å². The third-order valence-corrected chi connectivity index (χ3v) is 7.66. The zero-order valence-corrected chi connectivity index (χ0v) is 22.7. The molecule has 1 saturated heterocycles. The van der Waals surface area contributed by atoms with Gasteiger partial charge in [-0.3, -0.25) is 4.79 Å². The van der Waals surface area contributed by atoms with Gasteiger partial charge >= 0.3 is 5.97 Å². The molecule has 5 rings (SSSR count). The molecule has 2 unspecified atom stereocenters. The van der Waals surface area contributed by atoms with Crippen molar-refractivity contribution in [1.29, 1.82) is 0 Å². The van der Waals surface area contributed by atoms with Crippen LogP contribution in [0.4, 0.5) is 5.95 Å². The van der Waals surface area contributed by atoms with Crippen LogP contribution in [0.3, 0.4) is 0 Å². The van der Waals surface area contributed by atoms with Crippen molar-refractivity contribution in [2.75, 3.05) is 18.4 Å². The van der Waals surface area contributed by atoms with Crippen LogP contribution in [-0.2, 0) is 27.8 Å². The lowest BCUT2D eigenvalue weighted by atomic mass is 9.86. The molecule has 1 aliphatic carbocycles. The molecule has 0 spiro atoms. The predicted octanol–water partition coefficient (Wildman–Crippen LogP) is 3.24. The summed E-state index contributed by atoms with van der Waals surface area (Å²) in [5.74, 6) is -0.0293. The zero-order chi connectivity index (χ0) is 27.4. The number of hydrogen-bond acceptors (Lipinski definition) is 8. The minimum Gasteiger partial charge on any atom is -0.351 e. The Morgan fingerprint density at radius 1 is 1.21 bits per heavy atom. The number of amides is 1. The Morgan fingerprint density at radius 2 is 1.92 bits per heavy atom. The summed E-state index contributed by atoms with van der Waals surface area (Å²) in [6, 6.07) is 8.77. The number of hydrogen-bond donors (Lipinski definition) is 1. The average molecular weight is 530 g/mol. The quantitative estimate of drug-likeness (QED) is 0.332.